The normalized spacial score (nSPS) is 11.1. The summed E-state index contributed by atoms with van der Waals surface area (Å²) in [5.74, 6) is 0.111. The molecule has 0 saturated heterocycles. The molecule has 0 fully saturated rings. The lowest BCUT2D eigenvalue weighted by Gasteiger charge is -2.26. The molecule has 0 aliphatic carbocycles. The highest BCUT2D eigenvalue weighted by atomic mass is 16.2. The van der Waals surface area contributed by atoms with Crippen molar-refractivity contribution in [3.05, 3.63) is 36.0 Å². The van der Waals surface area contributed by atoms with Gasteiger partial charge in [0.15, 0.2) is 0 Å². The molecule has 2 rings (SSSR count). The molecule has 1 heterocycles. The van der Waals surface area contributed by atoms with Gasteiger partial charge in [0, 0.05) is 24.2 Å². The number of aromatic nitrogens is 1. The van der Waals surface area contributed by atoms with Crippen LogP contribution in [0.2, 0.25) is 0 Å². The van der Waals surface area contributed by atoms with Crippen molar-refractivity contribution < 1.29 is 4.79 Å². The fourth-order valence-electron chi connectivity index (χ4n) is 2.25. The number of aromatic amines is 1. The number of amides is 1. The maximum atomic E-state index is 12.6. The molecule has 1 N–H and O–H groups in total. The van der Waals surface area contributed by atoms with E-state index in [9.17, 15) is 4.79 Å². The summed E-state index contributed by atoms with van der Waals surface area (Å²) < 4.78 is 0. The van der Waals surface area contributed by atoms with Crippen LogP contribution in [0, 0.1) is 0 Å². The minimum absolute atomic E-state index is 0.111. The fourth-order valence-corrected chi connectivity index (χ4v) is 2.25. The highest BCUT2D eigenvalue weighted by molar-refractivity contribution is 6.05. The Morgan fingerprint density at radius 3 is 2.78 bits per heavy atom. The first-order valence-electron chi connectivity index (χ1n) is 6.52. The topological polar surface area (TPSA) is 36.1 Å². The van der Waals surface area contributed by atoms with Gasteiger partial charge in [0.1, 0.15) is 0 Å². The van der Waals surface area contributed by atoms with Gasteiger partial charge in [-0.1, -0.05) is 19.1 Å². The van der Waals surface area contributed by atoms with Gasteiger partial charge in [-0.3, -0.25) is 4.79 Å². The third-order valence-corrected chi connectivity index (χ3v) is 3.17. The number of hydrogen-bond donors (Lipinski definition) is 1. The molecule has 0 aliphatic rings. The number of hydrogen-bond acceptors (Lipinski definition) is 1. The van der Waals surface area contributed by atoms with Crippen molar-refractivity contribution in [2.45, 2.75) is 33.2 Å². The summed E-state index contributed by atoms with van der Waals surface area (Å²) in [6, 6.07) is 8.07. The van der Waals surface area contributed by atoms with Crippen LogP contribution >= 0.6 is 0 Å². The van der Waals surface area contributed by atoms with Gasteiger partial charge >= 0.3 is 0 Å². The van der Waals surface area contributed by atoms with Gasteiger partial charge < -0.3 is 9.88 Å². The SMILES string of the molecule is CCCN(C(=O)c1cccc2cc[nH]c12)C(C)C. The molecule has 0 unspecified atom stereocenters. The molecule has 18 heavy (non-hydrogen) atoms. The number of rotatable bonds is 4. The number of benzene rings is 1. The maximum absolute atomic E-state index is 12.6. The first kappa shape index (κ1) is 12.7. The molecular weight excluding hydrogens is 224 g/mol. The first-order chi connectivity index (χ1) is 8.65. The average Bonchev–Trinajstić information content (AvgIpc) is 2.82. The number of para-hydroxylation sites is 1. The van der Waals surface area contributed by atoms with Gasteiger partial charge in [-0.05, 0) is 32.4 Å². The zero-order valence-electron chi connectivity index (χ0n) is 11.2. The Balaban J connectivity index is 2.40. The Bertz CT molecular complexity index is 542. The van der Waals surface area contributed by atoms with E-state index in [-0.39, 0.29) is 11.9 Å². The van der Waals surface area contributed by atoms with E-state index in [0.717, 1.165) is 29.4 Å². The zero-order valence-corrected chi connectivity index (χ0v) is 11.2. The number of carbonyl (C=O) groups excluding carboxylic acids is 1. The zero-order chi connectivity index (χ0) is 13.1. The first-order valence-corrected chi connectivity index (χ1v) is 6.52. The van der Waals surface area contributed by atoms with Crippen LogP contribution in [-0.2, 0) is 0 Å². The van der Waals surface area contributed by atoms with Crippen molar-refractivity contribution in [1.29, 1.82) is 0 Å². The lowest BCUT2D eigenvalue weighted by Crippen LogP contribution is -2.37. The van der Waals surface area contributed by atoms with Crippen molar-refractivity contribution in [2.75, 3.05) is 6.54 Å². The highest BCUT2D eigenvalue weighted by Gasteiger charge is 2.19. The van der Waals surface area contributed by atoms with Crippen molar-refractivity contribution >= 4 is 16.8 Å². The van der Waals surface area contributed by atoms with Crippen LogP contribution in [0.4, 0.5) is 0 Å². The summed E-state index contributed by atoms with van der Waals surface area (Å²) in [4.78, 5) is 17.7. The molecule has 0 bridgehead atoms. The Morgan fingerprint density at radius 1 is 1.33 bits per heavy atom. The van der Waals surface area contributed by atoms with E-state index in [1.54, 1.807) is 0 Å². The lowest BCUT2D eigenvalue weighted by molar-refractivity contribution is 0.0708. The molecular formula is C15H20N2O. The van der Waals surface area contributed by atoms with Gasteiger partial charge in [-0.2, -0.15) is 0 Å². The second-order valence-electron chi connectivity index (χ2n) is 4.84. The van der Waals surface area contributed by atoms with Gasteiger partial charge in [0.05, 0.1) is 11.1 Å². The standard InChI is InChI=1S/C15H20N2O/c1-4-10-17(11(2)3)15(18)13-7-5-6-12-8-9-16-14(12)13/h5-9,11,16H,4,10H2,1-3H3. The van der Waals surface area contributed by atoms with Gasteiger partial charge in [-0.15, -0.1) is 0 Å². The summed E-state index contributed by atoms with van der Waals surface area (Å²) >= 11 is 0. The Kier molecular flexibility index (Phi) is 3.70. The molecule has 1 aromatic carbocycles. The molecule has 0 aliphatic heterocycles. The lowest BCUT2D eigenvalue weighted by atomic mass is 10.1. The molecule has 0 atom stereocenters. The molecule has 3 heteroatoms. The minimum atomic E-state index is 0.111. The van der Waals surface area contributed by atoms with E-state index >= 15 is 0 Å². The summed E-state index contributed by atoms with van der Waals surface area (Å²) in [7, 11) is 0. The number of nitrogens with zero attached hydrogens (tertiary/aromatic N) is 1. The number of fused-ring (bicyclic) bond motifs is 1. The molecule has 2 aromatic rings. The summed E-state index contributed by atoms with van der Waals surface area (Å²) in [6.45, 7) is 7.01. The van der Waals surface area contributed by atoms with Crippen LogP contribution in [0.5, 0.6) is 0 Å². The van der Waals surface area contributed by atoms with Crippen LogP contribution in [0.3, 0.4) is 0 Å². The second-order valence-corrected chi connectivity index (χ2v) is 4.84. The summed E-state index contributed by atoms with van der Waals surface area (Å²) in [5, 5.41) is 1.08. The van der Waals surface area contributed by atoms with E-state index in [1.165, 1.54) is 0 Å². The van der Waals surface area contributed by atoms with Crippen LogP contribution < -0.4 is 0 Å². The summed E-state index contributed by atoms with van der Waals surface area (Å²) in [6.07, 6.45) is 2.85. The molecule has 0 spiro atoms. The van der Waals surface area contributed by atoms with E-state index in [1.807, 2.05) is 35.4 Å². The Labute approximate surface area is 108 Å². The molecule has 96 valence electrons. The van der Waals surface area contributed by atoms with Gasteiger partial charge in [-0.25, -0.2) is 0 Å². The number of carbonyl (C=O) groups is 1. The minimum Gasteiger partial charge on any atom is -0.361 e. The van der Waals surface area contributed by atoms with Crippen molar-refractivity contribution in [1.82, 2.24) is 9.88 Å². The van der Waals surface area contributed by atoms with Crippen LogP contribution in [0.25, 0.3) is 10.9 Å². The average molecular weight is 244 g/mol. The largest absolute Gasteiger partial charge is 0.361 e. The Morgan fingerprint density at radius 2 is 2.11 bits per heavy atom. The monoisotopic (exact) mass is 244 g/mol. The summed E-state index contributed by atoms with van der Waals surface area (Å²) in [5.41, 5.74) is 1.70. The van der Waals surface area contributed by atoms with Crippen LogP contribution in [0.1, 0.15) is 37.6 Å². The highest BCUT2D eigenvalue weighted by Crippen LogP contribution is 2.19. The van der Waals surface area contributed by atoms with Gasteiger partial charge in [0.25, 0.3) is 5.91 Å². The third-order valence-electron chi connectivity index (χ3n) is 3.17. The molecule has 1 amide bonds. The molecule has 3 nitrogen and oxygen atoms in total. The molecule has 0 radical (unpaired) electrons. The smallest absolute Gasteiger partial charge is 0.256 e. The van der Waals surface area contributed by atoms with Crippen LogP contribution in [0.15, 0.2) is 30.5 Å². The maximum Gasteiger partial charge on any atom is 0.256 e. The Hall–Kier alpha value is -1.77. The van der Waals surface area contributed by atoms with E-state index in [4.69, 9.17) is 0 Å². The number of H-pyrrole nitrogens is 1. The molecule has 0 saturated carbocycles. The van der Waals surface area contributed by atoms with E-state index in [2.05, 4.69) is 25.8 Å². The van der Waals surface area contributed by atoms with Gasteiger partial charge in [0.2, 0.25) is 0 Å². The predicted molar refractivity (Wildman–Crippen MR) is 74.8 cm³/mol. The third kappa shape index (κ3) is 2.26. The van der Waals surface area contributed by atoms with Crippen LogP contribution in [-0.4, -0.2) is 28.4 Å². The molecule has 1 aromatic heterocycles. The van der Waals surface area contributed by atoms with Crippen molar-refractivity contribution in [2.24, 2.45) is 0 Å². The number of nitrogens with one attached hydrogen (secondary N) is 1. The van der Waals surface area contributed by atoms with E-state index in [0.29, 0.717) is 0 Å². The van der Waals surface area contributed by atoms with Crippen molar-refractivity contribution in [3.63, 3.8) is 0 Å². The fraction of sp³-hybridized carbons (Fsp3) is 0.400. The predicted octanol–water partition coefficient (Wildman–Crippen LogP) is 3.43. The van der Waals surface area contributed by atoms with E-state index < -0.39 is 0 Å². The quantitative estimate of drug-likeness (QED) is 0.878. The van der Waals surface area contributed by atoms with Crippen molar-refractivity contribution in [3.8, 4) is 0 Å². The second kappa shape index (κ2) is 5.25.